The molecule has 2 heterocycles. The molecule has 0 aliphatic carbocycles. The summed E-state index contributed by atoms with van der Waals surface area (Å²) < 4.78 is 5.57. The number of rotatable bonds is 5. The van der Waals surface area contributed by atoms with E-state index in [1.54, 1.807) is 4.90 Å². The molecule has 6 nitrogen and oxygen atoms in total. The first-order chi connectivity index (χ1) is 9.15. The molecule has 0 saturated carbocycles. The Morgan fingerprint density at radius 3 is 2.58 bits per heavy atom. The van der Waals surface area contributed by atoms with Gasteiger partial charge in [0.05, 0.1) is 0 Å². The molecule has 1 saturated heterocycles. The van der Waals surface area contributed by atoms with E-state index in [2.05, 4.69) is 19.9 Å². The highest BCUT2D eigenvalue weighted by molar-refractivity contribution is 6.28. The lowest BCUT2D eigenvalue weighted by Gasteiger charge is -2.25. The monoisotopic (exact) mass is 285 g/mol. The van der Waals surface area contributed by atoms with Crippen molar-refractivity contribution in [2.75, 3.05) is 45.2 Å². The number of hydrogen-bond acceptors (Lipinski definition) is 6. The molecule has 1 aliphatic rings. The van der Waals surface area contributed by atoms with Crippen LogP contribution in [0.15, 0.2) is 0 Å². The van der Waals surface area contributed by atoms with Gasteiger partial charge in [0.15, 0.2) is 0 Å². The van der Waals surface area contributed by atoms with Crippen LogP contribution in [0.3, 0.4) is 0 Å². The summed E-state index contributed by atoms with van der Waals surface area (Å²) in [5.41, 5.74) is 0. The van der Waals surface area contributed by atoms with Crippen LogP contribution in [0.4, 0.5) is 5.95 Å². The molecule has 1 fully saturated rings. The number of ether oxygens (including phenoxy) is 1. The minimum Gasteiger partial charge on any atom is -0.462 e. The lowest BCUT2D eigenvalue weighted by molar-refractivity contribution is 0.177. The van der Waals surface area contributed by atoms with Gasteiger partial charge in [0.2, 0.25) is 11.2 Å². The minimum atomic E-state index is 0.159. The van der Waals surface area contributed by atoms with Gasteiger partial charge >= 0.3 is 6.01 Å². The summed E-state index contributed by atoms with van der Waals surface area (Å²) in [5.74, 6) is 0.507. The third-order valence-electron chi connectivity index (χ3n) is 3.06. The maximum Gasteiger partial charge on any atom is 0.322 e. The molecule has 0 unspecified atom stereocenters. The Balaban J connectivity index is 1.84. The van der Waals surface area contributed by atoms with Gasteiger partial charge in [-0.2, -0.15) is 15.0 Å². The van der Waals surface area contributed by atoms with Crippen molar-refractivity contribution in [3.05, 3.63) is 5.28 Å². The van der Waals surface area contributed by atoms with Gasteiger partial charge in [0.1, 0.15) is 6.61 Å². The summed E-state index contributed by atoms with van der Waals surface area (Å²) >= 11 is 5.84. The van der Waals surface area contributed by atoms with E-state index in [0.717, 1.165) is 19.6 Å². The summed E-state index contributed by atoms with van der Waals surface area (Å²) in [5, 5.41) is 0.159. The molecule has 19 heavy (non-hydrogen) atoms. The quantitative estimate of drug-likeness (QED) is 0.816. The summed E-state index contributed by atoms with van der Waals surface area (Å²) in [6.07, 6.45) is 3.90. The molecule has 0 atom stereocenters. The average Bonchev–Trinajstić information content (AvgIpc) is 2.39. The summed E-state index contributed by atoms with van der Waals surface area (Å²) in [4.78, 5) is 16.3. The van der Waals surface area contributed by atoms with Crippen LogP contribution in [-0.2, 0) is 0 Å². The molecule has 0 radical (unpaired) electrons. The minimum absolute atomic E-state index is 0.159. The number of piperidine rings is 1. The summed E-state index contributed by atoms with van der Waals surface area (Å²) in [6, 6.07) is 0.292. The normalized spacial score (nSPS) is 16.4. The molecule has 7 heteroatoms. The Hall–Kier alpha value is -1.14. The van der Waals surface area contributed by atoms with Crippen LogP contribution in [-0.4, -0.2) is 60.2 Å². The van der Waals surface area contributed by atoms with E-state index in [1.165, 1.54) is 19.3 Å². The molecule has 2 rings (SSSR count). The maximum atomic E-state index is 5.84. The summed E-state index contributed by atoms with van der Waals surface area (Å²) in [7, 11) is 3.70. The van der Waals surface area contributed by atoms with E-state index in [0.29, 0.717) is 18.6 Å². The third kappa shape index (κ3) is 4.47. The predicted octanol–water partition coefficient (Wildman–Crippen LogP) is 1.46. The second-order valence-corrected chi connectivity index (χ2v) is 5.17. The Morgan fingerprint density at radius 2 is 1.89 bits per heavy atom. The van der Waals surface area contributed by atoms with Gasteiger partial charge in [0, 0.05) is 20.6 Å². The molecule has 0 spiro atoms. The van der Waals surface area contributed by atoms with E-state index in [9.17, 15) is 0 Å². The van der Waals surface area contributed by atoms with Gasteiger partial charge in [-0.1, -0.05) is 6.42 Å². The van der Waals surface area contributed by atoms with Gasteiger partial charge in [-0.15, -0.1) is 0 Å². The van der Waals surface area contributed by atoms with Crippen molar-refractivity contribution in [3.8, 4) is 6.01 Å². The topological polar surface area (TPSA) is 54.4 Å². The van der Waals surface area contributed by atoms with E-state index in [-0.39, 0.29) is 5.28 Å². The fourth-order valence-electron chi connectivity index (χ4n) is 2.04. The second-order valence-electron chi connectivity index (χ2n) is 4.83. The number of nitrogens with zero attached hydrogens (tertiary/aromatic N) is 5. The van der Waals surface area contributed by atoms with Gasteiger partial charge in [-0.05, 0) is 37.5 Å². The first-order valence-corrected chi connectivity index (χ1v) is 6.97. The number of aromatic nitrogens is 3. The van der Waals surface area contributed by atoms with E-state index in [4.69, 9.17) is 16.3 Å². The van der Waals surface area contributed by atoms with Gasteiger partial charge in [0.25, 0.3) is 0 Å². The fraction of sp³-hybridized carbons (Fsp3) is 0.750. The van der Waals surface area contributed by atoms with Crippen molar-refractivity contribution in [1.29, 1.82) is 0 Å². The Labute approximate surface area is 118 Å². The molecule has 1 aliphatic heterocycles. The average molecular weight is 286 g/mol. The molecular formula is C12H20ClN5O. The first-order valence-electron chi connectivity index (χ1n) is 6.59. The highest BCUT2D eigenvalue weighted by atomic mass is 35.5. The molecule has 0 amide bonds. The van der Waals surface area contributed by atoms with Crippen LogP contribution < -0.4 is 9.64 Å². The molecule has 0 bridgehead atoms. The lowest BCUT2D eigenvalue weighted by atomic mass is 10.1. The van der Waals surface area contributed by atoms with Crippen LogP contribution >= 0.6 is 11.6 Å². The number of anilines is 1. The molecule has 1 aromatic rings. The van der Waals surface area contributed by atoms with E-state index < -0.39 is 0 Å². The van der Waals surface area contributed by atoms with Gasteiger partial charge < -0.3 is 9.64 Å². The van der Waals surface area contributed by atoms with Crippen molar-refractivity contribution in [2.24, 2.45) is 0 Å². The Bertz CT molecular complexity index is 409. The Morgan fingerprint density at radius 1 is 1.16 bits per heavy atom. The van der Waals surface area contributed by atoms with E-state index >= 15 is 0 Å². The van der Waals surface area contributed by atoms with Gasteiger partial charge in [-0.3, -0.25) is 4.90 Å². The highest BCUT2D eigenvalue weighted by Crippen LogP contribution is 2.13. The third-order valence-corrected chi connectivity index (χ3v) is 3.23. The van der Waals surface area contributed by atoms with Crippen molar-refractivity contribution in [1.82, 2.24) is 19.9 Å². The second kappa shape index (κ2) is 6.86. The molecule has 106 valence electrons. The summed E-state index contributed by atoms with van der Waals surface area (Å²) in [6.45, 7) is 3.79. The SMILES string of the molecule is CN(C)c1nc(Cl)nc(OCCN2CCCCC2)n1. The standard InChI is InChI=1S/C12H20ClN5O/c1-17(2)11-14-10(13)15-12(16-11)19-9-8-18-6-4-3-5-7-18/h3-9H2,1-2H3. The van der Waals surface area contributed by atoms with Crippen LogP contribution in [0.25, 0.3) is 0 Å². The van der Waals surface area contributed by atoms with Crippen LogP contribution in [0.1, 0.15) is 19.3 Å². The number of likely N-dealkylation sites (tertiary alicyclic amines) is 1. The molecular weight excluding hydrogens is 266 g/mol. The van der Waals surface area contributed by atoms with Crippen molar-refractivity contribution < 1.29 is 4.74 Å². The molecule has 0 aromatic carbocycles. The van der Waals surface area contributed by atoms with E-state index in [1.807, 2.05) is 14.1 Å². The smallest absolute Gasteiger partial charge is 0.322 e. The van der Waals surface area contributed by atoms with Crippen LogP contribution in [0, 0.1) is 0 Å². The molecule has 0 N–H and O–H groups in total. The number of hydrogen-bond donors (Lipinski definition) is 0. The molecule has 1 aromatic heterocycles. The van der Waals surface area contributed by atoms with Crippen LogP contribution in [0.5, 0.6) is 6.01 Å². The van der Waals surface area contributed by atoms with Crippen molar-refractivity contribution in [3.63, 3.8) is 0 Å². The van der Waals surface area contributed by atoms with Gasteiger partial charge in [-0.25, -0.2) is 0 Å². The zero-order chi connectivity index (χ0) is 13.7. The zero-order valence-corrected chi connectivity index (χ0v) is 12.2. The first kappa shape index (κ1) is 14.3. The lowest BCUT2D eigenvalue weighted by Crippen LogP contribution is -2.33. The van der Waals surface area contributed by atoms with Crippen LogP contribution in [0.2, 0.25) is 5.28 Å². The van der Waals surface area contributed by atoms with Crippen molar-refractivity contribution >= 4 is 17.5 Å². The Kier molecular flexibility index (Phi) is 5.15. The fourth-order valence-corrected chi connectivity index (χ4v) is 2.18. The maximum absolute atomic E-state index is 5.84. The zero-order valence-electron chi connectivity index (χ0n) is 11.5. The predicted molar refractivity (Wildman–Crippen MR) is 75.0 cm³/mol. The highest BCUT2D eigenvalue weighted by Gasteiger charge is 2.11. The largest absolute Gasteiger partial charge is 0.462 e. The van der Waals surface area contributed by atoms with Crippen molar-refractivity contribution in [2.45, 2.75) is 19.3 Å². The number of halogens is 1.